The summed E-state index contributed by atoms with van der Waals surface area (Å²) in [7, 11) is -3.97. The zero-order chi connectivity index (χ0) is 22.5. The summed E-state index contributed by atoms with van der Waals surface area (Å²) in [6.45, 7) is -0.265. The van der Waals surface area contributed by atoms with Gasteiger partial charge in [0, 0.05) is 18.0 Å². The van der Waals surface area contributed by atoms with Crippen LogP contribution in [0.2, 0.25) is 0 Å². The zero-order valence-electron chi connectivity index (χ0n) is 15.3. The Morgan fingerprint density at radius 2 is 1.93 bits per heavy atom. The predicted octanol–water partition coefficient (Wildman–Crippen LogP) is 1.85. The molecule has 162 valence electrons. The van der Waals surface area contributed by atoms with Crippen LogP contribution in [0.5, 0.6) is 5.88 Å². The van der Waals surface area contributed by atoms with Crippen LogP contribution in [0.1, 0.15) is 17.3 Å². The summed E-state index contributed by atoms with van der Waals surface area (Å²) in [5, 5.41) is 7.39. The number of esters is 1. The largest absolute Gasteiger partial charge is 0.468 e. The molecule has 2 rings (SSSR count). The van der Waals surface area contributed by atoms with Crippen LogP contribution in [0.4, 0.5) is 18.9 Å². The molecule has 0 aliphatic carbocycles. The van der Waals surface area contributed by atoms with Crippen LogP contribution < -0.4 is 15.2 Å². The van der Waals surface area contributed by atoms with E-state index in [-0.39, 0.29) is 22.0 Å². The second-order valence-electron chi connectivity index (χ2n) is 5.90. The molecule has 1 aromatic heterocycles. The maximum Gasteiger partial charge on any atom is 0.422 e. The molecule has 0 fully saturated rings. The first-order chi connectivity index (χ1) is 13.8. The van der Waals surface area contributed by atoms with Gasteiger partial charge >= 0.3 is 12.1 Å². The monoisotopic (exact) mass is 447 g/mol. The molecule has 1 amide bonds. The lowest BCUT2D eigenvalue weighted by molar-refractivity contribution is -0.154. The number of benzene rings is 1. The van der Waals surface area contributed by atoms with Gasteiger partial charge < -0.3 is 14.8 Å². The Labute approximate surface area is 169 Å². The minimum atomic E-state index is -4.53. The molecule has 30 heavy (non-hydrogen) atoms. The lowest BCUT2D eigenvalue weighted by Crippen LogP contribution is -2.30. The molecular formula is C17H16F3N3O6S. The van der Waals surface area contributed by atoms with Gasteiger partial charge in [-0.15, -0.1) is 0 Å². The average Bonchev–Trinajstić information content (AvgIpc) is 2.65. The number of hydrogen-bond acceptors (Lipinski definition) is 7. The van der Waals surface area contributed by atoms with Crippen molar-refractivity contribution >= 4 is 27.6 Å². The molecule has 0 bridgehead atoms. The Balaban J connectivity index is 1.96. The van der Waals surface area contributed by atoms with Gasteiger partial charge in [0.1, 0.15) is 0 Å². The number of halogens is 3. The van der Waals surface area contributed by atoms with E-state index < -0.39 is 40.8 Å². The standard InChI is InChI=1S/C17H16F3N3O6S/c1-10(15(24)23-12-3-2-4-13(7-12)30(21,26)27)29-16(25)11-5-6-14(22-8-11)28-9-17(18,19)20/h2-8,10H,9H2,1H3,(H,23,24)(H2,21,26,27). The minimum absolute atomic E-state index is 0.113. The maximum absolute atomic E-state index is 12.2. The highest BCUT2D eigenvalue weighted by Crippen LogP contribution is 2.18. The van der Waals surface area contributed by atoms with Crippen molar-refractivity contribution in [1.82, 2.24) is 4.98 Å². The first-order valence-corrected chi connectivity index (χ1v) is 9.70. The van der Waals surface area contributed by atoms with Crippen LogP contribution in [0, 0.1) is 0 Å². The van der Waals surface area contributed by atoms with Gasteiger partial charge in [0.2, 0.25) is 15.9 Å². The number of sulfonamides is 1. The lowest BCUT2D eigenvalue weighted by Gasteiger charge is -2.14. The van der Waals surface area contributed by atoms with Crippen molar-refractivity contribution < 1.29 is 40.7 Å². The Hall–Kier alpha value is -3.19. The van der Waals surface area contributed by atoms with Crippen molar-refractivity contribution in [3.8, 4) is 5.88 Å². The van der Waals surface area contributed by atoms with Crippen molar-refractivity contribution in [2.24, 2.45) is 5.14 Å². The Morgan fingerprint density at radius 3 is 2.50 bits per heavy atom. The van der Waals surface area contributed by atoms with Crippen molar-refractivity contribution in [2.75, 3.05) is 11.9 Å². The summed E-state index contributed by atoms with van der Waals surface area (Å²) < 4.78 is 68.4. The van der Waals surface area contributed by atoms with Gasteiger partial charge in [-0.25, -0.2) is 23.3 Å². The predicted molar refractivity (Wildman–Crippen MR) is 97.1 cm³/mol. The van der Waals surface area contributed by atoms with Crippen molar-refractivity contribution in [2.45, 2.75) is 24.1 Å². The number of carbonyl (C=O) groups is 2. The Bertz CT molecular complexity index is 1030. The minimum Gasteiger partial charge on any atom is -0.468 e. The quantitative estimate of drug-likeness (QED) is 0.618. The van der Waals surface area contributed by atoms with Crippen LogP contribution in [0.3, 0.4) is 0 Å². The highest BCUT2D eigenvalue weighted by Gasteiger charge is 2.28. The molecule has 0 saturated carbocycles. The number of carbonyl (C=O) groups excluding carboxylic acids is 2. The van der Waals surface area contributed by atoms with E-state index in [9.17, 15) is 31.2 Å². The molecule has 0 saturated heterocycles. The van der Waals surface area contributed by atoms with Gasteiger partial charge in [-0.2, -0.15) is 13.2 Å². The first-order valence-electron chi connectivity index (χ1n) is 8.15. The molecule has 2 aromatic rings. The average molecular weight is 447 g/mol. The van der Waals surface area contributed by atoms with Crippen molar-refractivity contribution in [3.63, 3.8) is 0 Å². The maximum atomic E-state index is 12.2. The van der Waals surface area contributed by atoms with Gasteiger partial charge in [-0.05, 0) is 31.2 Å². The number of rotatable bonds is 7. The number of nitrogens with one attached hydrogen (secondary N) is 1. The van der Waals surface area contributed by atoms with Crippen LogP contribution in [0.25, 0.3) is 0 Å². The van der Waals surface area contributed by atoms with E-state index in [0.29, 0.717) is 0 Å². The number of anilines is 1. The van der Waals surface area contributed by atoms with Gasteiger partial charge in [0.25, 0.3) is 5.91 Å². The van der Waals surface area contributed by atoms with E-state index >= 15 is 0 Å². The third-order valence-electron chi connectivity index (χ3n) is 3.44. The molecule has 13 heteroatoms. The van der Waals surface area contributed by atoms with Crippen LogP contribution in [-0.4, -0.2) is 44.2 Å². The number of alkyl halides is 3. The summed E-state index contributed by atoms with van der Waals surface area (Å²) in [4.78, 5) is 27.6. The molecular weight excluding hydrogens is 431 g/mol. The molecule has 1 unspecified atom stereocenters. The van der Waals surface area contributed by atoms with Gasteiger partial charge in [-0.1, -0.05) is 6.07 Å². The smallest absolute Gasteiger partial charge is 0.422 e. The van der Waals surface area contributed by atoms with Crippen LogP contribution >= 0.6 is 0 Å². The van der Waals surface area contributed by atoms with E-state index in [2.05, 4.69) is 15.0 Å². The van der Waals surface area contributed by atoms with E-state index in [1.807, 2.05) is 0 Å². The number of aromatic nitrogens is 1. The van der Waals surface area contributed by atoms with Gasteiger partial charge in [-0.3, -0.25) is 4.79 Å². The van der Waals surface area contributed by atoms with Gasteiger partial charge in [0.05, 0.1) is 10.5 Å². The number of primary sulfonamides is 1. The van der Waals surface area contributed by atoms with Crippen molar-refractivity contribution in [1.29, 1.82) is 0 Å². The fourth-order valence-electron chi connectivity index (χ4n) is 2.02. The third kappa shape index (κ3) is 7.00. The molecule has 1 atom stereocenters. The first kappa shape index (κ1) is 23.1. The fraction of sp³-hybridized carbons (Fsp3) is 0.235. The topological polar surface area (TPSA) is 138 Å². The van der Waals surface area contributed by atoms with Gasteiger partial charge in [0.15, 0.2) is 12.7 Å². The normalized spacial score (nSPS) is 12.7. The molecule has 9 nitrogen and oxygen atoms in total. The molecule has 0 spiro atoms. The van der Waals surface area contributed by atoms with Crippen molar-refractivity contribution in [3.05, 3.63) is 48.2 Å². The number of pyridine rings is 1. The highest BCUT2D eigenvalue weighted by atomic mass is 32.2. The highest BCUT2D eigenvalue weighted by molar-refractivity contribution is 7.89. The van der Waals surface area contributed by atoms with E-state index in [4.69, 9.17) is 9.88 Å². The number of hydrogen-bond donors (Lipinski definition) is 2. The third-order valence-corrected chi connectivity index (χ3v) is 4.35. The molecule has 1 heterocycles. The van der Waals surface area contributed by atoms with Crippen LogP contribution in [0.15, 0.2) is 47.5 Å². The van der Waals surface area contributed by atoms with Crippen LogP contribution in [-0.2, 0) is 19.6 Å². The molecule has 0 radical (unpaired) electrons. The number of nitrogens with two attached hydrogens (primary N) is 1. The van der Waals surface area contributed by atoms with E-state index in [1.165, 1.54) is 25.1 Å². The Morgan fingerprint density at radius 1 is 1.23 bits per heavy atom. The SMILES string of the molecule is CC(OC(=O)c1ccc(OCC(F)(F)F)nc1)C(=O)Nc1cccc(S(N)(=O)=O)c1. The lowest BCUT2D eigenvalue weighted by atomic mass is 10.2. The molecule has 1 aromatic carbocycles. The Kier molecular flexibility index (Phi) is 7.00. The van der Waals surface area contributed by atoms with E-state index in [0.717, 1.165) is 24.4 Å². The summed E-state index contributed by atoms with van der Waals surface area (Å²) >= 11 is 0. The number of ether oxygens (including phenoxy) is 2. The summed E-state index contributed by atoms with van der Waals surface area (Å²) in [5.41, 5.74) is -0.00696. The fourth-order valence-corrected chi connectivity index (χ4v) is 2.58. The second-order valence-corrected chi connectivity index (χ2v) is 7.46. The molecule has 0 aliphatic rings. The summed E-state index contributed by atoms with van der Waals surface area (Å²) in [5.74, 6) is -2.05. The summed E-state index contributed by atoms with van der Waals surface area (Å²) in [6, 6.07) is 7.31. The summed E-state index contributed by atoms with van der Waals surface area (Å²) in [6.07, 6.45) is -4.87. The number of nitrogens with zero attached hydrogens (tertiary/aromatic N) is 1. The zero-order valence-corrected chi connectivity index (χ0v) is 16.2. The molecule has 0 aliphatic heterocycles. The van der Waals surface area contributed by atoms with E-state index in [1.54, 1.807) is 0 Å². The second kappa shape index (κ2) is 9.09. The molecule has 3 N–H and O–H groups in total. The number of amides is 1.